The van der Waals surface area contributed by atoms with Gasteiger partial charge in [0.1, 0.15) is 29.9 Å². The van der Waals surface area contributed by atoms with Gasteiger partial charge in [-0.25, -0.2) is 4.79 Å². The van der Waals surface area contributed by atoms with E-state index < -0.39 is 84.5 Å². The number of aromatic amines is 1. The lowest BCUT2D eigenvalue weighted by Crippen LogP contribution is -2.60. The summed E-state index contributed by atoms with van der Waals surface area (Å²) in [7, 11) is 0. The summed E-state index contributed by atoms with van der Waals surface area (Å²) in [4.78, 5) is 80.9. The van der Waals surface area contributed by atoms with E-state index in [1.807, 2.05) is 24.3 Å². The number of aromatic nitrogens is 1. The zero-order chi connectivity index (χ0) is 39.4. The number of carbonyl (C=O) groups is 6. The lowest BCUT2D eigenvalue weighted by Gasteiger charge is -2.28. The third kappa shape index (κ3) is 11.6. The van der Waals surface area contributed by atoms with Crippen molar-refractivity contribution in [2.75, 3.05) is 0 Å². The predicted octanol–water partition coefficient (Wildman–Crippen LogP) is 1.77. The third-order valence-electron chi connectivity index (χ3n) is 8.88. The molecule has 4 rings (SSSR count). The van der Waals surface area contributed by atoms with Crippen LogP contribution >= 0.6 is 0 Å². The Morgan fingerprint density at radius 1 is 0.667 bits per heavy atom. The molecule has 5 atom stereocenters. The number of rotatable bonds is 19. The van der Waals surface area contributed by atoms with Crippen molar-refractivity contribution in [3.63, 3.8) is 0 Å². The van der Waals surface area contributed by atoms with Crippen LogP contribution in [0, 0.1) is 5.92 Å². The summed E-state index contributed by atoms with van der Waals surface area (Å²) in [5.74, 6) is -6.12. The van der Waals surface area contributed by atoms with Crippen LogP contribution in [0.5, 0.6) is 5.75 Å². The van der Waals surface area contributed by atoms with Crippen molar-refractivity contribution in [2.24, 2.45) is 11.7 Å². The lowest BCUT2D eigenvalue weighted by molar-refractivity contribution is -0.143. The van der Waals surface area contributed by atoms with E-state index in [4.69, 9.17) is 10.8 Å². The maximum atomic E-state index is 14.0. The molecule has 10 N–H and O–H groups in total. The Morgan fingerprint density at radius 2 is 1.22 bits per heavy atom. The van der Waals surface area contributed by atoms with Crippen LogP contribution in [-0.4, -0.2) is 86.1 Å². The predicted molar refractivity (Wildman–Crippen MR) is 199 cm³/mol. The molecule has 0 aliphatic heterocycles. The van der Waals surface area contributed by atoms with Gasteiger partial charge < -0.3 is 47.3 Å². The van der Waals surface area contributed by atoms with Gasteiger partial charge in [-0.2, -0.15) is 0 Å². The topological polar surface area (TPSA) is 253 Å². The Bertz CT molecular complexity index is 1930. The number of benzene rings is 3. The number of hydrogen-bond acceptors (Lipinski definition) is 8. The summed E-state index contributed by atoms with van der Waals surface area (Å²) >= 11 is 0. The monoisotopic (exact) mass is 742 g/mol. The molecular weight excluding hydrogens is 696 g/mol. The number of nitrogens with one attached hydrogen (secondary N) is 5. The van der Waals surface area contributed by atoms with Gasteiger partial charge in [0, 0.05) is 36.4 Å². The first kappa shape index (κ1) is 40.5. The van der Waals surface area contributed by atoms with Crippen molar-refractivity contribution in [3.05, 3.63) is 102 Å². The molecular formula is C39H46N6O9. The van der Waals surface area contributed by atoms with Gasteiger partial charge in [0.2, 0.25) is 23.6 Å². The fourth-order valence-electron chi connectivity index (χ4n) is 5.89. The largest absolute Gasteiger partial charge is 0.508 e. The smallest absolute Gasteiger partial charge is 0.326 e. The summed E-state index contributed by atoms with van der Waals surface area (Å²) in [6, 6.07) is 15.9. The number of hydrogen-bond donors (Lipinski definition) is 9. The second-order valence-corrected chi connectivity index (χ2v) is 13.4. The zero-order valence-corrected chi connectivity index (χ0v) is 30.0. The number of aromatic hydroxyl groups is 1. The Morgan fingerprint density at radius 3 is 1.81 bits per heavy atom. The van der Waals surface area contributed by atoms with Gasteiger partial charge in [0.15, 0.2) is 0 Å². The van der Waals surface area contributed by atoms with Crippen molar-refractivity contribution in [2.45, 2.75) is 76.2 Å². The van der Waals surface area contributed by atoms with E-state index in [1.54, 1.807) is 50.4 Å². The van der Waals surface area contributed by atoms with E-state index in [0.717, 1.165) is 16.5 Å². The number of carbonyl (C=O) groups excluding carboxylic acids is 4. The van der Waals surface area contributed by atoms with Crippen LogP contribution in [0.1, 0.15) is 43.4 Å². The molecule has 0 radical (unpaired) electrons. The van der Waals surface area contributed by atoms with Crippen molar-refractivity contribution in [1.82, 2.24) is 26.3 Å². The highest BCUT2D eigenvalue weighted by molar-refractivity contribution is 5.96. The van der Waals surface area contributed by atoms with Crippen LogP contribution in [0.25, 0.3) is 10.9 Å². The quantitative estimate of drug-likeness (QED) is 0.0673. The van der Waals surface area contributed by atoms with Gasteiger partial charge in [0.05, 0.1) is 6.04 Å². The Hall–Kier alpha value is -6.22. The summed E-state index contributed by atoms with van der Waals surface area (Å²) in [5, 5.41) is 39.8. The summed E-state index contributed by atoms with van der Waals surface area (Å²) in [6.45, 7) is 3.45. The zero-order valence-electron chi connectivity index (χ0n) is 30.0. The van der Waals surface area contributed by atoms with Crippen molar-refractivity contribution in [1.29, 1.82) is 0 Å². The number of phenolic OH excluding ortho intramolecular Hbond substituents is 1. The van der Waals surface area contributed by atoms with E-state index >= 15 is 0 Å². The molecule has 0 fully saturated rings. The van der Waals surface area contributed by atoms with Gasteiger partial charge in [-0.15, -0.1) is 0 Å². The molecule has 0 saturated heterocycles. The first-order valence-corrected chi connectivity index (χ1v) is 17.5. The molecule has 0 unspecified atom stereocenters. The molecule has 15 nitrogen and oxygen atoms in total. The first-order chi connectivity index (χ1) is 25.7. The van der Waals surface area contributed by atoms with Crippen LogP contribution in [0.3, 0.4) is 0 Å². The molecule has 286 valence electrons. The van der Waals surface area contributed by atoms with Gasteiger partial charge in [-0.1, -0.05) is 74.5 Å². The molecule has 0 spiro atoms. The minimum absolute atomic E-state index is 0.0127. The van der Waals surface area contributed by atoms with Crippen LogP contribution in [0.2, 0.25) is 0 Å². The fraction of sp³-hybridized carbons (Fsp3) is 0.333. The summed E-state index contributed by atoms with van der Waals surface area (Å²) in [5.41, 5.74) is 9.20. The maximum absolute atomic E-state index is 14.0. The van der Waals surface area contributed by atoms with Gasteiger partial charge in [0.25, 0.3) is 0 Å². The Kier molecular flexibility index (Phi) is 14.3. The number of carboxylic acid groups (broad SMARTS) is 2. The van der Waals surface area contributed by atoms with Crippen molar-refractivity contribution >= 4 is 46.5 Å². The molecule has 3 aromatic carbocycles. The normalized spacial score (nSPS) is 13.9. The minimum atomic E-state index is -1.56. The standard InChI is InChI=1S/C39H46N6O9/c1-22(2)34(45-35(49)28(40)20-25-21-41-29-11-7-6-10-27(25)29)38(52)44-32(18-23-8-4-3-5-9-23)37(51)43-31(19-24-12-14-26(46)15-13-24)36(50)42-30(39(53)54)16-17-33(47)48/h3-15,21-22,28,30-32,34,41,46H,16-20,40H2,1-2H3,(H,42,50)(H,43,51)(H,44,52)(H,45,49)(H,47,48)(H,53,54)/t28-,30-,31-,32-,34-/m0/s1. The molecule has 0 saturated carbocycles. The molecule has 1 heterocycles. The highest BCUT2D eigenvalue weighted by Gasteiger charge is 2.33. The van der Waals surface area contributed by atoms with Gasteiger partial charge in [-0.3, -0.25) is 24.0 Å². The maximum Gasteiger partial charge on any atom is 0.326 e. The molecule has 4 amide bonds. The molecule has 1 aromatic heterocycles. The van der Waals surface area contributed by atoms with Crippen LogP contribution in [0.4, 0.5) is 0 Å². The fourth-order valence-corrected chi connectivity index (χ4v) is 5.89. The van der Waals surface area contributed by atoms with E-state index in [1.165, 1.54) is 24.3 Å². The van der Waals surface area contributed by atoms with Gasteiger partial charge >= 0.3 is 11.9 Å². The van der Waals surface area contributed by atoms with Crippen LogP contribution in [-0.2, 0) is 48.0 Å². The second-order valence-electron chi connectivity index (χ2n) is 13.4. The number of fused-ring (bicyclic) bond motifs is 1. The second kappa shape index (κ2) is 19.0. The van der Waals surface area contributed by atoms with Gasteiger partial charge in [-0.05, 0) is 53.6 Å². The Labute approximate surface area is 311 Å². The highest BCUT2D eigenvalue weighted by atomic mass is 16.4. The summed E-state index contributed by atoms with van der Waals surface area (Å²) < 4.78 is 0. The van der Waals surface area contributed by atoms with E-state index in [-0.39, 0.29) is 25.0 Å². The lowest BCUT2D eigenvalue weighted by atomic mass is 9.99. The SMILES string of the molecule is CC(C)[C@H](NC(=O)[C@@H](N)Cc1c[nH]c2ccccc12)C(=O)N[C@@H](Cc1ccccc1)C(=O)N[C@@H](Cc1ccc(O)cc1)C(=O)N[C@@H](CCC(=O)O)C(=O)O. The first-order valence-electron chi connectivity index (χ1n) is 17.5. The molecule has 15 heteroatoms. The highest BCUT2D eigenvalue weighted by Crippen LogP contribution is 2.19. The number of nitrogens with two attached hydrogens (primary N) is 1. The van der Waals surface area contributed by atoms with Crippen molar-refractivity contribution < 1.29 is 44.1 Å². The molecule has 0 bridgehead atoms. The van der Waals surface area contributed by atoms with Crippen molar-refractivity contribution in [3.8, 4) is 5.75 Å². The molecule has 0 aliphatic carbocycles. The average Bonchev–Trinajstić information content (AvgIpc) is 3.54. The average molecular weight is 743 g/mol. The van der Waals surface area contributed by atoms with E-state index in [2.05, 4.69) is 26.3 Å². The Balaban J connectivity index is 1.54. The number of phenols is 1. The number of para-hydroxylation sites is 1. The van der Waals surface area contributed by atoms with E-state index in [0.29, 0.717) is 11.1 Å². The third-order valence-corrected chi connectivity index (χ3v) is 8.88. The summed E-state index contributed by atoms with van der Waals surface area (Å²) in [6.07, 6.45) is 0.889. The number of amides is 4. The molecule has 4 aromatic rings. The molecule has 54 heavy (non-hydrogen) atoms. The number of H-pyrrole nitrogens is 1. The van der Waals surface area contributed by atoms with Crippen LogP contribution in [0.15, 0.2) is 85.1 Å². The minimum Gasteiger partial charge on any atom is -0.508 e. The number of carboxylic acids is 2. The number of aliphatic carboxylic acids is 2. The van der Waals surface area contributed by atoms with E-state index in [9.17, 15) is 39.0 Å². The molecule has 0 aliphatic rings. The van der Waals surface area contributed by atoms with Crippen LogP contribution < -0.4 is 27.0 Å².